The van der Waals surface area contributed by atoms with E-state index in [0.717, 1.165) is 17.9 Å². The zero-order valence-corrected chi connectivity index (χ0v) is 11.4. The van der Waals surface area contributed by atoms with Gasteiger partial charge in [-0.1, -0.05) is 6.42 Å². The highest BCUT2D eigenvalue weighted by Crippen LogP contribution is 2.40. The maximum absolute atomic E-state index is 4.90. The molecule has 3 heteroatoms. The number of nitrogens with one attached hydrogen (secondary N) is 1. The molecule has 2 fully saturated rings. The van der Waals surface area contributed by atoms with E-state index >= 15 is 0 Å². The molecule has 94 valence electrons. The highest BCUT2D eigenvalue weighted by Gasteiger charge is 2.26. The lowest BCUT2D eigenvalue weighted by molar-refractivity contribution is 0.356. The minimum absolute atomic E-state index is 0.748. The lowest BCUT2D eigenvalue weighted by atomic mass is 9.83. The van der Waals surface area contributed by atoms with Gasteiger partial charge in [-0.25, -0.2) is 4.98 Å². The van der Waals surface area contributed by atoms with Crippen LogP contribution in [-0.4, -0.2) is 18.1 Å². The van der Waals surface area contributed by atoms with E-state index in [-0.39, 0.29) is 0 Å². The first kappa shape index (κ1) is 11.7. The van der Waals surface area contributed by atoms with Crippen LogP contribution in [0.5, 0.6) is 0 Å². The second-order valence-corrected chi connectivity index (χ2v) is 6.47. The Hall–Kier alpha value is -0.410. The van der Waals surface area contributed by atoms with E-state index in [4.69, 9.17) is 4.98 Å². The fourth-order valence-electron chi connectivity index (χ4n) is 3.01. The maximum atomic E-state index is 4.90. The average Bonchev–Trinajstić information content (AvgIpc) is 2.76. The smallest absolute Gasteiger partial charge is 0.0959 e. The lowest BCUT2D eigenvalue weighted by Crippen LogP contribution is -2.29. The fourth-order valence-corrected chi connectivity index (χ4v) is 4.08. The second-order valence-electron chi connectivity index (χ2n) is 5.58. The van der Waals surface area contributed by atoms with Gasteiger partial charge >= 0.3 is 0 Å². The Morgan fingerprint density at radius 1 is 1.12 bits per heavy atom. The van der Waals surface area contributed by atoms with Crippen LogP contribution in [0, 0.1) is 0 Å². The first-order chi connectivity index (χ1) is 8.36. The quantitative estimate of drug-likeness (QED) is 0.885. The van der Waals surface area contributed by atoms with Gasteiger partial charge in [-0.3, -0.25) is 0 Å². The predicted molar refractivity (Wildman–Crippen MR) is 72.8 cm³/mol. The first-order valence-corrected chi connectivity index (χ1v) is 7.87. The van der Waals surface area contributed by atoms with Crippen molar-refractivity contribution in [2.24, 2.45) is 0 Å². The molecule has 2 saturated carbocycles. The molecule has 0 radical (unpaired) electrons. The summed E-state index contributed by atoms with van der Waals surface area (Å²) in [6.07, 6.45) is 9.43. The minimum Gasteiger partial charge on any atom is -0.317 e. The molecule has 0 saturated heterocycles. The molecule has 1 N–H and O–H groups in total. The Balaban J connectivity index is 1.62. The Labute approximate surface area is 108 Å². The normalized spacial score (nSPS) is 30.2. The topological polar surface area (TPSA) is 24.9 Å². The highest BCUT2D eigenvalue weighted by molar-refractivity contribution is 7.09. The second kappa shape index (κ2) is 5.07. The molecule has 0 bridgehead atoms. The first-order valence-electron chi connectivity index (χ1n) is 6.99. The van der Waals surface area contributed by atoms with Gasteiger partial charge in [-0.2, -0.15) is 0 Å². The van der Waals surface area contributed by atoms with Crippen molar-refractivity contribution < 1.29 is 0 Å². The standard InChI is InChI=1S/C14H22N2S/c1-15-12-7-5-11(6-8-12)14-16-13(9-17-14)10-3-2-4-10/h9-12,15H,2-8H2,1H3. The maximum Gasteiger partial charge on any atom is 0.0959 e. The van der Waals surface area contributed by atoms with E-state index in [1.165, 1.54) is 55.6 Å². The molecule has 0 amide bonds. The molecule has 1 aromatic heterocycles. The van der Waals surface area contributed by atoms with E-state index in [9.17, 15) is 0 Å². The van der Waals surface area contributed by atoms with Crippen LogP contribution in [0.15, 0.2) is 5.38 Å². The number of rotatable bonds is 3. The molecular formula is C14H22N2S. The van der Waals surface area contributed by atoms with Gasteiger partial charge in [0.2, 0.25) is 0 Å². The molecule has 0 atom stereocenters. The molecule has 2 aliphatic carbocycles. The number of hydrogen-bond donors (Lipinski definition) is 1. The van der Waals surface area contributed by atoms with Gasteiger partial charge in [0, 0.05) is 23.3 Å². The molecule has 1 aromatic rings. The van der Waals surface area contributed by atoms with Crippen molar-refractivity contribution in [2.45, 2.75) is 62.8 Å². The van der Waals surface area contributed by atoms with E-state index in [1.807, 2.05) is 11.3 Å². The number of nitrogens with zero attached hydrogens (tertiary/aromatic N) is 1. The Morgan fingerprint density at radius 2 is 1.88 bits per heavy atom. The summed E-state index contributed by atoms with van der Waals surface area (Å²) in [5.41, 5.74) is 1.40. The number of hydrogen-bond acceptors (Lipinski definition) is 3. The van der Waals surface area contributed by atoms with Crippen LogP contribution >= 0.6 is 11.3 Å². The van der Waals surface area contributed by atoms with E-state index in [0.29, 0.717) is 0 Å². The van der Waals surface area contributed by atoms with E-state index < -0.39 is 0 Å². The number of thiazole rings is 1. The molecular weight excluding hydrogens is 228 g/mol. The third-order valence-electron chi connectivity index (χ3n) is 4.55. The molecule has 17 heavy (non-hydrogen) atoms. The SMILES string of the molecule is CNC1CCC(c2nc(C3CCC3)cs2)CC1. The molecule has 3 rings (SSSR count). The van der Waals surface area contributed by atoms with Crippen molar-refractivity contribution in [1.82, 2.24) is 10.3 Å². The van der Waals surface area contributed by atoms with Crippen LogP contribution in [0.4, 0.5) is 0 Å². The molecule has 0 aliphatic heterocycles. The third kappa shape index (κ3) is 2.41. The molecule has 1 heterocycles. The van der Waals surface area contributed by atoms with Crippen molar-refractivity contribution in [3.8, 4) is 0 Å². The van der Waals surface area contributed by atoms with Gasteiger partial charge in [0.15, 0.2) is 0 Å². The van der Waals surface area contributed by atoms with Crippen molar-refractivity contribution in [1.29, 1.82) is 0 Å². The molecule has 0 unspecified atom stereocenters. The van der Waals surface area contributed by atoms with Crippen LogP contribution in [-0.2, 0) is 0 Å². The summed E-state index contributed by atoms with van der Waals surface area (Å²) in [6, 6.07) is 0.748. The zero-order chi connectivity index (χ0) is 11.7. The van der Waals surface area contributed by atoms with Gasteiger partial charge in [-0.05, 0) is 45.6 Å². The largest absolute Gasteiger partial charge is 0.317 e. The fraction of sp³-hybridized carbons (Fsp3) is 0.786. The van der Waals surface area contributed by atoms with Crippen LogP contribution in [0.2, 0.25) is 0 Å². The lowest BCUT2D eigenvalue weighted by Gasteiger charge is -2.27. The van der Waals surface area contributed by atoms with Gasteiger partial charge in [0.25, 0.3) is 0 Å². The van der Waals surface area contributed by atoms with Gasteiger partial charge in [0.05, 0.1) is 10.7 Å². The Morgan fingerprint density at radius 3 is 2.47 bits per heavy atom. The van der Waals surface area contributed by atoms with Gasteiger partial charge in [-0.15, -0.1) is 11.3 Å². The monoisotopic (exact) mass is 250 g/mol. The van der Waals surface area contributed by atoms with Gasteiger partial charge < -0.3 is 5.32 Å². The van der Waals surface area contributed by atoms with Crippen LogP contribution in [0.25, 0.3) is 0 Å². The van der Waals surface area contributed by atoms with Crippen molar-refractivity contribution >= 4 is 11.3 Å². The third-order valence-corrected chi connectivity index (χ3v) is 5.57. The van der Waals surface area contributed by atoms with Crippen molar-refractivity contribution in [3.05, 3.63) is 16.1 Å². The molecule has 0 spiro atoms. The summed E-state index contributed by atoms with van der Waals surface area (Å²) in [4.78, 5) is 4.90. The molecule has 2 aliphatic rings. The van der Waals surface area contributed by atoms with Crippen LogP contribution < -0.4 is 5.32 Å². The summed E-state index contributed by atoms with van der Waals surface area (Å²) in [5.74, 6) is 1.55. The van der Waals surface area contributed by atoms with Crippen molar-refractivity contribution in [3.63, 3.8) is 0 Å². The summed E-state index contributed by atoms with van der Waals surface area (Å²) in [6.45, 7) is 0. The molecule has 2 nitrogen and oxygen atoms in total. The molecule has 0 aromatic carbocycles. The zero-order valence-electron chi connectivity index (χ0n) is 10.6. The average molecular weight is 250 g/mol. The summed E-state index contributed by atoms with van der Waals surface area (Å²) < 4.78 is 0. The van der Waals surface area contributed by atoms with Crippen molar-refractivity contribution in [2.75, 3.05) is 7.05 Å². The summed E-state index contributed by atoms with van der Waals surface area (Å²) in [7, 11) is 2.09. The predicted octanol–water partition coefficient (Wildman–Crippen LogP) is 3.66. The Bertz CT molecular complexity index is 362. The minimum atomic E-state index is 0.748. The van der Waals surface area contributed by atoms with Gasteiger partial charge in [0.1, 0.15) is 0 Å². The van der Waals surface area contributed by atoms with Crippen LogP contribution in [0.1, 0.15) is 67.5 Å². The van der Waals surface area contributed by atoms with E-state index in [1.54, 1.807) is 0 Å². The summed E-state index contributed by atoms with van der Waals surface area (Å²) in [5, 5.41) is 7.14. The Kier molecular flexibility index (Phi) is 3.48. The van der Waals surface area contributed by atoms with Crippen LogP contribution in [0.3, 0.4) is 0 Å². The number of aromatic nitrogens is 1. The van der Waals surface area contributed by atoms with E-state index in [2.05, 4.69) is 17.7 Å². The highest BCUT2D eigenvalue weighted by atomic mass is 32.1. The summed E-state index contributed by atoms with van der Waals surface area (Å²) >= 11 is 1.91.